The van der Waals surface area contributed by atoms with Crippen LogP contribution in [0, 0.1) is 10.1 Å². The topological polar surface area (TPSA) is 79.6 Å². The lowest BCUT2D eigenvalue weighted by atomic mass is 10.2. The highest BCUT2D eigenvalue weighted by Gasteiger charge is 2.03. The van der Waals surface area contributed by atoms with Crippen molar-refractivity contribution in [3.63, 3.8) is 0 Å². The zero-order valence-corrected chi connectivity index (χ0v) is 12.4. The van der Waals surface area contributed by atoms with E-state index in [4.69, 9.17) is 12.2 Å². The second kappa shape index (κ2) is 7.84. The van der Waals surface area contributed by atoms with Crippen LogP contribution in [0.1, 0.15) is 11.1 Å². The Kier molecular flexibility index (Phi) is 5.56. The molecule has 22 heavy (non-hydrogen) atoms. The van der Waals surface area contributed by atoms with E-state index in [0.29, 0.717) is 17.2 Å². The minimum atomic E-state index is -0.448. The Morgan fingerprint density at radius 2 is 2.00 bits per heavy atom. The molecule has 0 fully saturated rings. The summed E-state index contributed by atoms with van der Waals surface area (Å²) in [6, 6.07) is 16.0. The van der Waals surface area contributed by atoms with Gasteiger partial charge in [0.1, 0.15) is 0 Å². The van der Waals surface area contributed by atoms with Gasteiger partial charge in [-0.1, -0.05) is 42.5 Å². The van der Waals surface area contributed by atoms with Crippen LogP contribution < -0.4 is 10.7 Å². The van der Waals surface area contributed by atoms with E-state index in [-0.39, 0.29) is 5.69 Å². The Bertz CT molecular complexity index is 689. The summed E-state index contributed by atoms with van der Waals surface area (Å²) in [6.07, 6.45) is 1.48. The summed E-state index contributed by atoms with van der Waals surface area (Å²) in [5.74, 6) is 0. The van der Waals surface area contributed by atoms with Crippen molar-refractivity contribution in [2.75, 3.05) is 0 Å². The van der Waals surface area contributed by atoms with Gasteiger partial charge in [0.05, 0.1) is 11.1 Å². The van der Waals surface area contributed by atoms with Gasteiger partial charge in [0.25, 0.3) is 5.69 Å². The first kappa shape index (κ1) is 15.6. The second-order valence-electron chi connectivity index (χ2n) is 4.39. The first-order chi connectivity index (χ1) is 10.6. The molecule has 0 bridgehead atoms. The van der Waals surface area contributed by atoms with Gasteiger partial charge in [-0.05, 0) is 17.8 Å². The van der Waals surface area contributed by atoms with Gasteiger partial charge in [0.2, 0.25) is 0 Å². The molecule has 0 aliphatic carbocycles. The third kappa shape index (κ3) is 4.95. The van der Waals surface area contributed by atoms with Crippen molar-refractivity contribution < 1.29 is 4.92 Å². The number of nitro groups is 1. The summed E-state index contributed by atoms with van der Waals surface area (Å²) in [7, 11) is 0. The molecule has 0 heterocycles. The molecule has 2 aromatic carbocycles. The number of nitro benzene ring substituents is 1. The SMILES string of the molecule is O=[N+]([O-])c1cccc(/C=N/NC(=S)NCc2ccccc2)c1. The van der Waals surface area contributed by atoms with E-state index in [0.717, 1.165) is 5.56 Å². The number of hydrazone groups is 1. The maximum absolute atomic E-state index is 10.7. The molecule has 0 aliphatic heterocycles. The van der Waals surface area contributed by atoms with E-state index >= 15 is 0 Å². The highest BCUT2D eigenvalue weighted by atomic mass is 32.1. The Morgan fingerprint density at radius 1 is 1.23 bits per heavy atom. The second-order valence-corrected chi connectivity index (χ2v) is 4.80. The Morgan fingerprint density at radius 3 is 2.73 bits per heavy atom. The number of nitrogens with zero attached hydrogens (tertiary/aromatic N) is 2. The van der Waals surface area contributed by atoms with Gasteiger partial charge in [-0.2, -0.15) is 5.10 Å². The van der Waals surface area contributed by atoms with E-state index < -0.39 is 4.92 Å². The molecular weight excluding hydrogens is 300 g/mol. The van der Waals surface area contributed by atoms with Crippen LogP contribution in [0.15, 0.2) is 59.7 Å². The Balaban J connectivity index is 1.83. The molecule has 2 rings (SSSR count). The minimum absolute atomic E-state index is 0.0220. The molecule has 2 N–H and O–H groups in total. The van der Waals surface area contributed by atoms with Gasteiger partial charge < -0.3 is 5.32 Å². The van der Waals surface area contributed by atoms with Crippen molar-refractivity contribution >= 4 is 29.2 Å². The van der Waals surface area contributed by atoms with Crippen LogP contribution in [-0.2, 0) is 6.54 Å². The molecule has 0 saturated heterocycles. The molecular formula is C15H14N4O2S. The average Bonchev–Trinajstić information content (AvgIpc) is 2.54. The molecule has 0 aromatic heterocycles. The maximum Gasteiger partial charge on any atom is 0.270 e. The summed E-state index contributed by atoms with van der Waals surface area (Å²) in [5.41, 5.74) is 4.42. The number of hydrogen-bond acceptors (Lipinski definition) is 4. The highest BCUT2D eigenvalue weighted by molar-refractivity contribution is 7.80. The monoisotopic (exact) mass is 314 g/mol. The van der Waals surface area contributed by atoms with Crippen molar-refractivity contribution in [2.45, 2.75) is 6.54 Å². The first-order valence-corrected chi connectivity index (χ1v) is 6.91. The number of benzene rings is 2. The van der Waals surface area contributed by atoms with Gasteiger partial charge in [-0.15, -0.1) is 0 Å². The molecule has 112 valence electrons. The van der Waals surface area contributed by atoms with E-state index in [1.807, 2.05) is 30.3 Å². The van der Waals surface area contributed by atoms with Crippen LogP contribution in [0.25, 0.3) is 0 Å². The lowest BCUT2D eigenvalue weighted by Crippen LogP contribution is -2.31. The summed E-state index contributed by atoms with van der Waals surface area (Å²) < 4.78 is 0. The minimum Gasteiger partial charge on any atom is -0.357 e. The third-order valence-electron chi connectivity index (χ3n) is 2.76. The number of hydrogen-bond donors (Lipinski definition) is 2. The lowest BCUT2D eigenvalue weighted by Gasteiger charge is -2.06. The maximum atomic E-state index is 10.7. The molecule has 0 amide bonds. The molecule has 0 spiro atoms. The fourth-order valence-corrected chi connectivity index (χ4v) is 1.83. The Hall–Kier alpha value is -2.80. The zero-order valence-electron chi connectivity index (χ0n) is 11.6. The van der Waals surface area contributed by atoms with Crippen molar-refractivity contribution in [1.29, 1.82) is 0 Å². The smallest absolute Gasteiger partial charge is 0.270 e. The van der Waals surface area contributed by atoms with Crippen LogP contribution in [0.4, 0.5) is 5.69 Å². The van der Waals surface area contributed by atoms with E-state index in [2.05, 4.69) is 15.8 Å². The zero-order chi connectivity index (χ0) is 15.8. The summed E-state index contributed by atoms with van der Waals surface area (Å²) in [6.45, 7) is 0.596. The summed E-state index contributed by atoms with van der Waals surface area (Å²) in [4.78, 5) is 10.2. The molecule has 0 aliphatic rings. The molecule has 0 saturated carbocycles. The largest absolute Gasteiger partial charge is 0.357 e. The van der Waals surface area contributed by atoms with E-state index in [1.165, 1.54) is 18.3 Å². The van der Waals surface area contributed by atoms with Gasteiger partial charge in [0, 0.05) is 24.2 Å². The predicted octanol–water partition coefficient (Wildman–Crippen LogP) is 2.59. The lowest BCUT2D eigenvalue weighted by molar-refractivity contribution is -0.384. The van der Waals surface area contributed by atoms with Crippen LogP contribution >= 0.6 is 12.2 Å². The highest BCUT2D eigenvalue weighted by Crippen LogP contribution is 2.11. The standard InChI is InChI=1S/C15H14N4O2S/c20-19(21)14-8-4-7-13(9-14)11-17-18-15(22)16-10-12-5-2-1-3-6-12/h1-9,11H,10H2,(H2,16,18,22)/b17-11+. The molecule has 7 heteroatoms. The van der Waals surface area contributed by atoms with Crippen LogP contribution in [-0.4, -0.2) is 16.3 Å². The third-order valence-corrected chi connectivity index (χ3v) is 2.99. The Labute approximate surface area is 133 Å². The van der Waals surface area contributed by atoms with Gasteiger partial charge in [-0.3, -0.25) is 15.5 Å². The van der Waals surface area contributed by atoms with Crippen molar-refractivity contribution in [2.24, 2.45) is 5.10 Å². The van der Waals surface area contributed by atoms with Crippen molar-refractivity contribution in [3.8, 4) is 0 Å². The summed E-state index contributed by atoms with van der Waals surface area (Å²) >= 11 is 5.09. The van der Waals surface area contributed by atoms with Gasteiger partial charge >= 0.3 is 0 Å². The van der Waals surface area contributed by atoms with Gasteiger partial charge in [-0.25, -0.2) is 0 Å². The molecule has 6 nitrogen and oxygen atoms in total. The quantitative estimate of drug-likeness (QED) is 0.384. The van der Waals surface area contributed by atoms with Crippen molar-refractivity contribution in [3.05, 3.63) is 75.8 Å². The number of nitrogens with one attached hydrogen (secondary N) is 2. The molecule has 0 radical (unpaired) electrons. The van der Waals surface area contributed by atoms with Gasteiger partial charge in [0.15, 0.2) is 5.11 Å². The fraction of sp³-hybridized carbons (Fsp3) is 0.0667. The molecule has 0 unspecified atom stereocenters. The first-order valence-electron chi connectivity index (χ1n) is 6.50. The van der Waals surface area contributed by atoms with Crippen molar-refractivity contribution in [1.82, 2.24) is 10.7 Å². The summed E-state index contributed by atoms with van der Waals surface area (Å²) in [5, 5.41) is 18.0. The van der Waals surface area contributed by atoms with Crippen LogP contribution in [0.5, 0.6) is 0 Å². The fourth-order valence-electron chi connectivity index (χ4n) is 1.70. The van der Waals surface area contributed by atoms with E-state index in [1.54, 1.807) is 12.1 Å². The average molecular weight is 314 g/mol. The number of rotatable bonds is 5. The molecule has 0 atom stereocenters. The number of non-ortho nitro benzene ring substituents is 1. The molecule has 2 aromatic rings. The van der Waals surface area contributed by atoms with Crippen LogP contribution in [0.2, 0.25) is 0 Å². The predicted molar refractivity (Wildman–Crippen MR) is 89.7 cm³/mol. The number of thiocarbonyl (C=S) groups is 1. The normalized spacial score (nSPS) is 10.4. The van der Waals surface area contributed by atoms with Crippen LogP contribution in [0.3, 0.4) is 0 Å². The van der Waals surface area contributed by atoms with E-state index in [9.17, 15) is 10.1 Å².